The first-order chi connectivity index (χ1) is 8.20. The highest BCUT2D eigenvalue weighted by Crippen LogP contribution is 1.99. The van der Waals surface area contributed by atoms with Gasteiger partial charge in [-0.25, -0.2) is 4.98 Å². The number of nitrogens with zero attached hydrogens (tertiary/aromatic N) is 4. The second-order valence-corrected chi connectivity index (χ2v) is 3.70. The molecule has 0 fully saturated rings. The van der Waals surface area contributed by atoms with E-state index >= 15 is 0 Å². The molecule has 0 aromatic carbocycles. The predicted molar refractivity (Wildman–Crippen MR) is 64.7 cm³/mol. The lowest BCUT2D eigenvalue weighted by atomic mass is 10.4. The van der Waals surface area contributed by atoms with Crippen LogP contribution in [0.1, 0.15) is 12.6 Å². The van der Waals surface area contributed by atoms with Crippen molar-refractivity contribution in [1.29, 1.82) is 0 Å². The molecule has 90 valence electrons. The van der Waals surface area contributed by atoms with Crippen LogP contribution in [-0.4, -0.2) is 19.3 Å². The summed E-state index contributed by atoms with van der Waals surface area (Å²) in [6.45, 7) is 3.06. The molecule has 0 spiro atoms. The predicted octanol–water partition coefficient (Wildman–Crippen LogP) is 0.609. The third-order valence-electron chi connectivity index (χ3n) is 2.46. The van der Waals surface area contributed by atoms with Crippen molar-refractivity contribution in [3.63, 3.8) is 0 Å². The molecule has 6 heteroatoms. The second-order valence-electron chi connectivity index (χ2n) is 3.70. The van der Waals surface area contributed by atoms with Crippen molar-refractivity contribution in [2.24, 2.45) is 7.05 Å². The maximum atomic E-state index is 11.8. The first-order valence-electron chi connectivity index (χ1n) is 5.48. The Hall–Kier alpha value is -2.11. The molecule has 2 heterocycles. The quantitative estimate of drug-likeness (QED) is 0.840. The normalized spacial score (nSPS) is 10.5. The number of aryl methyl sites for hydroxylation is 2. The summed E-state index contributed by atoms with van der Waals surface area (Å²) in [7, 11) is 1.86. The Bertz CT molecular complexity index is 557. The van der Waals surface area contributed by atoms with Crippen molar-refractivity contribution < 1.29 is 0 Å². The molecule has 1 N–H and O–H groups in total. The molecule has 2 rings (SSSR count). The van der Waals surface area contributed by atoms with Crippen molar-refractivity contribution in [1.82, 2.24) is 19.3 Å². The molecule has 0 aliphatic carbocycles. The first kappa shape index (κ1) is 11.4. The van der Waals surface area contributed by atoms with Crippen LogP contribution in [0.25, 0.3) is 0 Å². The SMILES string of the molecule is CCn1ccnc(NCc2ccn(C)n2)c1=O. The summed E-state index contributed by atoms with van der Waals surface area (Å²) in [6, 6.07) is 1.90. The Balaban J connectivity index is 2.11. The van der Waals surface area contributed by atoms with Crippen LogP contribution in [0.15, 0.2) is 29.5 Å². The van der Waals surface area contributed by atoms with Crippen molar-refractivity contribution in [3.8, 4) is 0 Å². The van der Waals surface area contributed by atoms with Gasteiger partial charge in [-0.1, -0.05) is 0 Å². The molecule has 0 saturated heterocycles. The summed E-state index contributed by atoms with van der Waals surface area (Å²) >= 11 is 0. The minimum absolute atomic E-state index is 0.106. The molecule has 2 aromatic heterocycles. The summed E-state index contributed by atoms with van der Waals surface area (Å²) in [4.78, 5) is 15.9. The molecule has 0 radical (unpaired) electrons. The number of nitrogens with one attached hydrogen (secondary N) is 1. The highest BCUT2D eigenvalue weighted by atomic mass is 16.1. The topological polar surface area (TPSA) is 64.7 Å². The lowest BCUT2D eigenvalue weighted by Crippen LogP contribution is -2.23. The summed E-state index contributed by atoms with van der Waals surface area (Å²) in [6.07, 6.45) is 5.15. The summed E-state index contributed by atoms with van der Waals surface area (Å²) in [5.41, 5.74) is 0.770. The van der Waals surface area contributed by atoms with Gasteiger partial charge in [-0.2, -0.15) is 5.10 Å². The van der Waals surface area contributed by atoms with Gasteiger partial charge in [0.15, 0.2) is 5.82 Å². The smallest absolute Gasteiger partial charge is 0.293 e. The monoisotopic (exact) mass is 233 g/mol. The molecule has 0 aliphatic rings. The first-order valence-corrected chi connectivity index (χ1v) is 5.48. The van der Waals surface area contributed by atoms with Crippen LogP contribution >= 0.6 is 0 Å². The third kappa shape index (κ3) is 2.52. The van der Waals surface area contributed by atoms with Crippen LogP contribution in [0.5, 0.6) is 0 Å². The summed E-state index contributed by atoms with van der Waals surface area (Å²) in [5, 5.41) is 7.21. The van der Waals surface area contributed by atoms with Crippen LogP contribution in [0.4, 0.5) is 5.82 Å². The zero-order chi connectivity index (χ0) is 12.3. The van der Waals surface area contributed by atoms with Crippen LogP contribution in [0, 0.1) is 0 Å². The maximum Gasteiger partial charge on any atom is 0.293 e. The van der Waals surface area contributed by atoms with Crippen LogP contribution in [0.2, 0.25) is 0 Å². The van der Waals surface area contributed by atoms with Crippen molar-refractivity contribution >= 4 is 5.82 Å². The minimum Gasteiger partial charge on any atom is -0.360 e. The molecule has 0 amide bonds. The Labute approximate surface area is 98.9 Å². The molecule has 6 nitrogen and oxygen atoms in total. The van der Waals surface area contributed by atoms with Gasteiger partial charge in [0, 0.05) is 32.2 Å². The third-order valence-corrected chi connectivity index (χ3v) is 2.46. The van der Waals surface area contributed by atoms with E-state index in [4.69, 9.17) is 0 Å². The van der Waals surface area contributed by atoms with E-state index in [2.05, 4.69) is 15.4 Å². The average molecular weight is 233 g/mol. The van der Waals surface area contributed by atoms with E-state index < -0.39 is 0 Å². The number of anilines is 1. The summed E-state index contributed by atoms with van der Waals surface area (Å²) in [5.74, 6) is 0.361. The van der Waals surface area contributed by atoms with Gasteiger partial charge in [-0.05, 0) is 13.0 Å². The van der Waals surface area contributed by atoms with E-state index in [1.807, 2.05) is 26.2 Å². The molecule has 0 unspecified atom stereocenters. The molecule has 2 aromatic rings. The van der Waals surface area contributed by atoms with E-state index in [-0.39, 0.29) is 5.56 Å². The van der Waals surface area contributed by atoms with Crippen LogP contribution in [0.3, 0.4) is 0 Å². The Kier molecular flexibility index (Phi) is 3.22. The van der Waals surface area contributed by atoms with Gasteiger partial charge in [0.1, 0.15) is 0 Å². The highest BCUT2D eigenvalue weighted by Gasteiger charge is 2.04. The van der Waals surface area contributed by atoms with Gasteiger partial charge in [-0.15, -0.1) is 0 Å². The van der Waals surface area contributed by atoms with Gasteiger partial charge in [-0.3, -0.25) is 9.48 Å². The Morgan fingerprint density at radius 1 is 1.41 bits per heavy atom. The lowest BCUT2D eigenvalue weighted by molar-refractivity contribution is 0.716. The average Bonchev–Trinajstić information content (AvgIpc) is 2.74. The fourth-order valence-electron chi connectivity index (χ4n) is 1.55. The van der Waals surface area contributed by atoms with Gasteiger partial charge < -0.3 is 9.88 Å². The van der Waals surface area contributed by atoms with Gasteiger partial charge >= 0.3 is 0 Å². The molecule has 0 aliphatic heterocycles. The number of aromatic nitrogens is 4. The molecule has 0 saturated carbocycles. The highest BCUT2D eigenvalue weighted by molar-refractivity contribution is 5.31. The zero-order valence-corrected chi connectivity index (χ0v) is 9.92. The molecule has 0 bridgehead atoms. The van der Waals surface area contributed by atoms with Crippen molar-refractivity contribution in [2.45, 2.75) is 20.0 Å². The van der Waals surface area contributed by atoms with E-state index in [1.165, 1.54) is 0 Å². The second kappa shape index (κ2) is 4.82. The molecular weight excluding hydrogens is 218 g/mol. The Morgan fingerprint density at radius 2 is 2.24 bits per heavy atom. The van der Waals surface area contributed by atoms with Crippen LogP contribution in [-0.2, 0) is 20.1 Å². The molecular formula is C11H15N5O. The van der Waals surface area contributed by atoms with Gasteiger partial charge in [0.05, 0.1) is 12.2 Å². The van der Waals surface area contributed by atoms with E-state index in [0.717, 1.165) is 5.69 Å². The standard InChI is InChI=1S/C11H15N5O/c1-3-16-7-5-12-10(11(16)17)13-8-9-4-6-15(2)14-9/h4-7H,3,8H2,1-2H3,(H,12,13). The Morgan fingerprint density at radius 3 is 2.88 bits per heavy atom. The van der Waals surface area contributed by atoms with Crippen molar-refractivity contribution in [3.05, 3.63) is 40.7 Å². The van der Waals surface area contributed by atoms with E-state index in [9.17, 15) is 4.79 Å². The van der Waals surface area contributed by atoms with E-state index in [0.29, 0.717) is 18.9 Å². The number of hydrogen-bond donors (Lipinski definition) is 1. The van der Waals surface area contributed by atoms with Crippen LogP contribution < -0.4 is 10.9 Å². The zero-order valence-electron chi connectivity index (χ0n) is 9.92. The minimum atomic E-state index is -0.106. The lowest BCUT2D eigenvalue weighted by Gasteiger charge is -2.05. The number of rotatable bonds is 4. The fraction of sp³-hybridized carbons (Fsp3) is 0.364. The largest absolute Gasteiger partial charge is 0.360 e. The van der Waals surface area contributed by atoms with Crippen molar-refractivity contribution in [2.75, 3.05) is 5.32 Å². The maximum absolute atomic E-state index is 11.8. The molecule has 17 heavy (non-hydrogen) atoms. The fourth-order valence-corrected chi connectivity index (χ4v) is 1.55. The summed E-state index contributed by atoms with van der Waals surface area (Å²) < 4.78 is 3.33. The van der Waals surface area contributed by atoms with E-state index in [1.54, 1.807) is 21.6 Å². The molecule has 0 atom stereocenters. The van der Waals surface area contributed by atoms with Gasteiger partial charge in [0.2, 0.25) is 0 Å². The van der Waals surface area contributed by atoms with Gasteiger partial charge in [0.25, 0.3) is 5.56 Å². The number of hydrogen-bond acceptors (Lipinski definition) is 4.